The van der Waals surface area contributed by atoms with Gasteiger partial charge >= 0.3 is 0 Å². The summed E-state index contributed by atoms with van der Waals surface area (Å²) in [5.41, 5.74) is 1.86. The van der Waals surface area contributed by atoms with Gasteiger partial charge in [0.2, 0.25) is 11.8 Å². The molecule has 3 aromatic rings. The van der Waals surface area contributed by atoms with Crippen LogP contribution in [0, 0.1) is 12.7 Å². The predicted octanol–water partition coefficient (Wildman–Crippen LogP) is 4.99. The van der Waals surface area contributed by atoms with E-state index in [1.807, 2.05) is 27.0 Å². The minimum atomic E-state index is -4.14. The molecule has 1 N–H and O–H groups in total. The molecule has 1 atom stereocenters. The van der Waals surface area contributed by atoms with Crippen molar-refractivity contribution in [2.75, 3.05) is 17.1 Å². The van der Waals surface area contributed by atoms with E-state index in [2.05, 4.69) is 5.32 Å². The van der Waals surface area contributed by atoms with Crippen LogP contribution in [0.1, 0.15) is 31.9 Å². The van der Waals surface area contributed by atoms with Crippen LogP contribution in [-0.4, -0.2) is 50.0 Å². The number of hydrogen-bond donors (Lipinski definition) is 1. The van der Waals surface area contributed by atoms with Crippen LogP contribution in [-0.2, 0) is 26.2 Å². The van der Waals surface area contributed by atoms with Crippen LogP contribution in [0.3, 0.4) is 0 Å². The molecule has 3 rings (SSSR count). The Bertz CT molecular complexity index is 1380. The zero-order chi connectivity index (χ0) is 28.7. The predicted molar refractivity (Wildman–Crippen MR) is 154 cm³/mol. The highest BCUT2D eigenvalue weighted by atomic mass is 32.2. The molecule has 7 nitrogen and oxygen atoms in total. The molecular weight excluding hydrogens is 537 g/mol. The van der Waals surface area contributed by atoms with Crippen molar-refractivity contribution in [1.29, 1.82) is 0 Å². The Balaban J connectivity index is 2.02. The maximum absolute atomic E-state index is 13.8. The second-order valence-corrected chi connectivity index (χ2v) is 12.3. The van der Waals surface area contributed by atoms with Crippen molar-refractivity contribution in [3.05, 3.63) is 89.7 Å². The average molecular weight is 572 g/mol. The molecule has 3 aromatic carbocycles. The van der Waals surface area contributed by atoms with Crippen molar-refractivity contribution in [2.45, 2.75) is 56.1 Å². The van der Waals surface area contributed by atoms with Gasteiger partial charge in [-0.3, -0.25) is 13.9 Å². The third kappa shape index (κ3) is 7.83. The van der Waals surface area contributed by atoms with Crippen LogP contribution in [0.2, 0.25) is 0 Å². The quantitative estimate of drug-likeness (QED) is 0.328. The molecule has 39 heavy (non-hydrogen) atoms. The second-order valence-electron chi connectivity index (χ2n) is 9.51. The SMILES string of the molecule is CSc1ccc(S(=O)(=O)N(CC(=O)N(Cc2ccc(F)cc2)[C@H](C)C(=O)NC(C)C)c2ccc(C)cc2)cc1. The molecule has 0 radical (unpaired) electrons. The van der Waals surface area contributed by atoms with Gasteiger partial charge in [0.05, 0.1) is 10.6 Å². The molecule has 0 aliphatic heterocycles. The van der Waals surface area contributed by atoms with Gasteiger partial charge in [-0.05, 0) is 88.0 Å². The number of anilines is 1. The fourth-order valence-corrected chi connectivity index (χ4v) is 5.71. The van der Waals surface area contributed by atoms with Gasteiger partial charge in [-0.15, -0.1) is 11.8 Å². The zero-order valence-corrected chi connectivity index (χ0v) is 24.4. The summed E-state index contributed by atoms with van der Waals surface area (Å²) in [7, 11) is -4.14. The van der Waals surface area contributed by atoms with E-state index in [0.717, 1.165) is 14.8 Å². The maximum Gasteiger partial charge on any atom is 0.264 e. The third-order valence-corrected chi connectivity index (χ3v) is 8.64. The van der Waals surface area contributed by atoms with Crippen molar-refractivity contribution >= 4 is 39.3 Å². The van der Waals surface area contributed by atoms with E-state index >= 15 is 0 Å². The van der Waals surface area contributed by atoms with Crippen molar-refractivity contribution in [1.82, 2.24) is 10.2 Å². The van der Waals surface area contributed by atoms with E-state index in [9.17, 15) is 22.4 Å². The number of nitrogens with one attached hydrogen (secondary N) is 1. The number of aryl methyl sites for hydroxylation is 1. The Morgan fingerprint density at radius 2 is 1.51 bits per heavy atom. The number of hydrogen-bond acceptors (Lipinski definition) is 5. The molecule has 0 unspecified atom stereocenters. The van der Waals surface area contributed by atoms with E-state index < -0.39 is 34.3 Å². The van der Waals surface area contributed by atoms with E-state index in [1.165, 1.54) is 53.1 Å². The largest absolute Gasteiger partial charge is 0.352 e. The first kappa shape index (κ1) is 30.2. The van der Waals surface area contributed by atoms with Crippen LogP contribution >= 0.6 is 11.8 Å². The molecule has 0 saturated carbocycles. The average Bonchev–Trinajstić information content (AvgIpc) is 2.91. The molecule has 0 aliphatic carbocycles. The van der Waals surface area contributed by atoms with Crippen molar-refractivity contribution in [3.8, 4) is 0 Å². The first-order chi connectivity index (χ1) is 18.4. The lowest BCUT2D eigenvalue weighted by Gasteiger charge is -2.32. The highest BCUT2D eigenvalue weighted by molar-refractivity contribution is 7.98. The van der Waals surface area contributed by atoms with E-state index in [1.54, 1.807) is 43.3 Å². The Hall–Kier alpha value is -3.37. The van der Waals surface area contributed by atoms with Gasteiger partial charge in [0.1, 0.15) is 18.4 Å². The molecule has 0 aromatic heterocycles. The molecule has 2 amide bonds. The van der Waals surface area contributed by atoms with Gasteiger partial charge < -0.3 is 10.2 Å². The summed E-state index contributed by atoms with van der Waals surface area (Å²) < 4.78 is 42.3. The molecule has 0 bridgehead atoms. The lowest BCUT2D eigenvalue weighted by molar-refractivity contribution is -0.139. The smallest absolute Gasteiger partial charge is 0.264 e. The fourth-order valence-electron chi connectivity index (χ4n) is 3.89. The highest BCUT2D eigenvalue weighted by Crippen LogP contribution is 2.26. The van der Waals surface area contributed by atoms with Gasteiger partial charge in [0.15, 0.2) is 0 Å². The summed E-state index contributed by atoms with van der Waals surface area (Å²) in [5.74, 6) is -1.38. The zero-order valence-electron chi connectivity index (χ0n) is 22.7. The van der Waals surface area contributed by atoms with E-state index in [4.69, 9.17) is 0 Å². The Labute approximate surface area is 234 Å². The number of rotatable bonds is 11. The van der Waals surface area contributed by atoms with Crippen LogP contribution in [0.15, 0.2) is 82.6 Å². The minimum Gasteiger partial charge on any atom is -0.352 e. The van der Waals surface area contributed by atoms with Gasteiger partial charge in [-0.1, -0.05) is 29.8 Å². The lowest BCUT2D eigenvalue weighted by Crippen LogP contribution is -2.52. The number of thioether (sulfide) groups is 1. The molecule has 208 valence electrons. The van der Waals surface area contributed by atoms with Gasteiger partial charge in [-0.2, -0.15) is 0 Å². The molecular formula is C29H34FN3O4S2. The van der Waals surface area contributed by atoms with Gasteiger partial charge in [0, 0.05) is 17.5 Å². The summed E-state index contributed by atoms with van der Waals surface area (Å²) in [6, 6.07) is 17.9. The number of carbonyl (C=O) groups is 2. The summed E-state index contributed by atoms with van der Waals surface area (Å²) >= 11 is 1.49. The molecule has 10 heteroatoms. The number of halogens is 1. The summed E-state index contributed by atoms with van der Waals surface area (Å²) in [6.07, 6.45) is 1.90. The normalized spacial score (nSPS) is 12.2. The number of benzene rings is 3. The Kier molecular flexibility index (Phi) is 10.2. The van der Waals surface area contributed by atoms with Crippen LogP contribution in [0.25, 0.3) is 0 Å². The topological polar surface area (TPSA) is 86.8 Å². The standard InChI is InChI=1S/C29H34FN3O4S2/c1-20(2)31-29(35)22(4)32(18-23-8-10-24(30)11-9-23)28(34)19-33(25-12-6-21(3)7-13-25)39(36,37)27-16-14-26(38-5)15-17-27/h6-17,20,22H,18-19H2,1-5H3,(H,31,35)/t22-/m1/s1. The summed E-state index contributed by atoms with van der Waals surface area (Å²) in [6.45, 7) is 6.56. The number of amides is 2. The van der Waals surface area contributed by atoms with Gasteiger partial charge in [-0.25, -0.2) is 12.8 Å². The monoisotopic (exact) mass is 571 g/mol. The van der Waals surface area contributed by atoms with Crippen molar-refractivity contribution in [2.24, 2.45) is 0 Å². The maximum atomic E-state index is 13.8. The first-order valence-corrected chi connectivity index (χ1v) is 15.2. The van der Waals surface area contributed by atoms with Crippen LogP contribution in [0.4, 0.5) is 10.1 Å². The Morgan fingerprint density at radius 3 is 2.05 bits per heavy atom. The van der Waals surface area contributed by atoms with Crippen LogP contribution < -0.4 is 9.62 Å². The number of carbonyl (C=O) groups excluding carboxylic acids is 2. The fraction of sp³-hybridized carbons (Fsp3) is 0.310. The van der Waals surface area contributed by atoms with E-state index in [0.29, 0.717) is 11.3 Å². The number of nitrogens with zero attached hydrogens (tertiary/aromatic N) is 2. The highest BCUT2D eigenvalue weighted by Gasteiger charge is 2.32. The third-order valence-electron chi connectivity index (χ3n) is 6.11. The first-order valence-electron chi connectivity index (χ1n) is 12.5. The Morgan fingerprint density at radius 1 is 0.923 bits per heavy atom. The minimum absolute atomic E-state index is 0.00397. The van der Waals surface area contributed by atoms with Crippen molar-refractivity contribution < 1.29 is 22.4 Å². The molecule has 0 aliphatic rings. The number of sulfonamides is 1. The van der Waals surface area contributed by atoms with Crippen molar-refractivity contribution in [3.63, 3.8) is 0 Å². The summed E-state index contributed by atoms with van der Waals surface area (Å²) in [5, 5.41) is 2.80. The molecule has 0 spiro atoms. The van der Waals surface area contributed by atoms with Crippen LogP contribution in [0.5, 0.6) is 0 Å². The lowest BCUT2D eigenvalue weighted by atomic mass is 10.1. The molecule has 0 saturated heterocycles. The second kappa shape index (κ2) is 13.1. The molecule has 0 fully saturated rings. The van der Waals surface area contributed by atoms with Gasteiger partial charge in [0.25, 0.3) is 10.0 Å². The molecule has 0 heterocycles. The summed E-state index contributed by atoms with van der Waals surface area (Å²) in [4.78, 5) is 29.0. The van der Waals surface area contributed by atoms with E-state index in [-0.39, 0.29) is 23.4 Å².